The van der Waals surface area contributed by atoms with Gasteiger partial charge in [0.15, 0.2) is 0 Å². The quantitative estimate of drug-likeness (QED) is 0.484. The first-order chi connectivity index (χ1) is 4.11. The molecule has 1 aliphatic heterocycles. The predicted octanol–water partition coefficient (Wildman–Crippen LogP) is 1.77. The van der Waals surface area contributed by atoms with Crippen molar-refractivity contribution in [2.75, 3.05) is 5.75 Å². The minimum atomic E-state index is -4.15. The van der Waals surface area contributed by atoms with Crippen molar-refractivity contribution >= 4 is 18.2 Å². The average molecular weight is 154 g/mol. The maximum atomic E-state index is 11.6. The molecule has 1 heterocycles. The standard InChI is InChI=1S/C4H3F3NS/c5-4(6,7)3-1-8-9-2-3/h3H,2H2. The van der Waals surface area contributed by atoms with Crippen LogP contribution < -0.4 is 0 Å². The van der Waals surface area contributed by atoms with Gasteiger partial charge in [-0.3, -0.25) is 0 Å². The molecule has 0 spiro atoms. The molecule has 0 aromatic rings. The van der Waals surface area contributed by atoms with E-state index in [1.807, 2.05) is 6.21 Å². The highest BCUT2D eigenvalue weighted by Crippen LogP contribution is 2.31. The third kappa shape index (κ3) is 1.61. The van der Waals surface area contributed by atoms with Gasteiger partial charge < -0.3 is 0 Å². The van der Waals surface area contributed by atoms with Gasteiger partial charge in [0.2, 0.25) is 0 Å². The van der Waals surface area contributed by atoms with Crippen LogP contribution in [0.5, 0.6) is 0 Å². The lowest BCUT2D eigenvalue weighted by molar-refractivity contribution is -0.147. The fourth-order valence-corrected chi connectivity index (χ4v) is 1.11. The van der Waals surface area contributed by atoms with E-state index in [9.17, 15) is 13.2 Å². The summed E-state index contributed by atoms with van der Waals surface area (Å²) < 4.78 is 38.2. The molecule has 0 saturated heterocycles. The van der Waals surface area contributed by atoms with Gasteiger partial charge in [0.25, 0.3) is 0 Å². The number of halogens is 3. The zero-order valence-electron chi connectivity index (χ0n) is 4.27. The minimum Gasteiger partial charge on any atom is -0.219 e. The molecule has 0 aromatic heterocycles. The second kappa shape index (κ2) is 2.21. The van der Waals surface area contributed by atoms with E-state index in [0.717, 1.165) is 11.9 Å². The number of rotatable bonds is 0. The highest BCUT2D eigenvalue weighted by atomic mass is 32.2. The summed E-state index contributed by atoms with van der Waals surface area (Å²) in [5.74, 6) is -1.45. The summed E-state index contributed by atoms with van der Waals surface area (Å²) in [4.78, 5) is 0. The lowest BCUT2D eigenvalue weighted by Gasteiger charge is -2.08. The number of alkyl halides is 3. The third-order valence-electron chi connectivity index (χ3n) is 0.909. The molecule has 51 valence electrons. The van der Waals surface area contributed by atoms with Crippen molar-refractivity contribution in [2.45, 2.75) is 6.18 Å². The SMILES string of the molecule is FC(F)(F)C1[C]=NSC1. The lowest BCUT2D eigenvalue weighted by Crippen LogP contribution is -2.23. The Kier molecular flexibility index (Phi) is 1.70. The van der Waals surface area contributed by atoms with E-state index < -0.39 is 12.1 Å². The molecule has 5 heteroatoms. The van der Waals surface area contributed by atoms with Crippen LogP contribution in [0.25, 0.3) is 0 Å². The first-order valence-corrected chi connectivity index (χ1v) is 3.19. The maximum absolute atomic E-state index is 11.6. The Hall–Kier alpha value is -0.190. The van der Waals surface area contributed by atoms with Gasteiger partial charge in [0, 0.05) is 5.75 Å². The topological polar surface area (TPSA) is 12.4 Å². The summed E-state index contributed by atoms with van der Waals surface area (Å²) in [6, 6.07) is 0. The van der Waals surface area contributed by atoms with Gasteiger partial charge in [0.05, 0.1) is 6.21 Å². The number of hydrogen-bond donors (Lipinski definition) is 0. The van der Waals surface area contributed by atoms with Crippen molar-refractivity contribution < 1.29 is 13.2 Å². The van der Waals surface area contributed by atoms with Crippen LogP contribution in [-0.4, -0.2) is 18.1 Å². The molecule has 0 N–H and O–H groups in total. The number of hydrogen-bond acceptors (Lipinski definition) is 2. The molecule has 1 radical (unpaired) electrons. The highest BCUT2D eigenvalue weighted by molar-refractivity contribution is 7.98. The Balaban J connectivity index is 2.53. The first kappa shape index (κ1) is 6.92. The van der Waals surface area contributed by atoms with Crippen LogP contribution in [0.15, 0.2) is 4.40 Å². The van der Waals surface area contributed by atoms with Crippen molar-refractivity contribution in [1.29, 1.82) is 0 Å². The largest absolute Gasteiger partial charge is 0.398 e. The van der Waals surface area contributed by atoms with Gasteiger partial charge in [-0.25, -0.2) is 4.40 Å². The van der Waals surface area contributed by atoms with Crippen molar-refractivity contribution in [3.8, 4) is 0 Å². The van der Waals surface area contributed by atoms with Crippen molar-refractivity contribution in [3.63, 3.8) is 0 Å². The summed E-state index contributed by atoms with van der Waals surface area (Å²) in [5.41, 5.74) is 0. The Morgan fingerprint density at radius 2 is 2.22 bits per heavy atom. The first-order valence-electron chi connectivity index (χ1n) is 2.25. The van der Waals surface area contributed by atoms with Crippen LogP contribution >= 0.6 is 11.9 Å². The molecule has 1 aliphatic rings. The summed E-state index contributed by atoms with van der Waals surface area (Å²) in [6.45, 7) is 0. The average Bonchev–Trinajstić information content (AvgIpc) is 2.08. The molecule has 1 atom stereocenters. The Labute approximate surface area is 54.5 Å². The summed E-state index contributed by atoms with van der Waals surface area (Å²) >= 11 is 0.903. The molecule has 0 bridgehead atoms. The van der Waals surface area contributed by atoms with E-state index in [1.54, 1.807) is 0 Å². The van der Waals surface area contributed by atoms with Crippen molar-refractivity contribution in [1.82, 2.24) is 0 Å². The number of nitrogens with zero attached hydrogens (tertiary/aromatic N) is 1. The molecule has 1 nitrogen and oxygen atoms in total. The van der Waals surface area contributed by atoms with Crippen molar-refractivity contribution in [2.24, 2.45) is 10.3 Å². The van der Waals surface area contributed by atoms with E-state index in [0.29, 0.717) is 0 Å². The van der Waals surface area contributed by atoms with E-state index in [4.69, 9.17) is 0 Å². The second-order valence-electron chi connectivity index (χ2n) is 1.61. The van der Waals surface area contributed by atoms with Gasteiger partial charge in [0.1, 0.15) is 5.92 Å². The molecule has 0 amide bonds. The van der Waals surface area contributed by atoms with Crippen LogP contribution in [0, 0.1) is 5.92 Å². The molecule has 0 aliphatic carbocycles. The monoisotopic (exact) mass is 154 g/mol. The molecule has 9 heavy (non-hydrogen) atoms. The predicted molar refractivity (Wildman–Crippen MR) is 29.4 cm³/mol. The Morgan fingerprint density at radius 1 is 1.56 bits per heavy atom. The van der Waals surface area contributed by atoms with Crippen LogP contribution in [-0.2, 0) is 0 Å². The molecule has 0 aromatic carbocycles. The summed E-state index contributed by atoms with van der Waals surface area (Å²) in [5, 5.41) is 0. The molecular formula is C4H3F3NS. The van der Waals surface area contributed by atoms with Crippen LogP contribution in [0.4, 0.5) is 13.2 Å². The van der Waals surface area contributed by atoms with E-state index in [1.165, 1.54) is 0 Å². The van der Waals surface area contributed by atoms with Gasteiger partial charge in [-0.1, -0.05) is 0 Å². The van der Waals surface area contributed by atoms with Gasteiger partial charge >= 0.3 is 6.18 Å². The molecule has 1 unspecified atom stereocenters. The van der Waals surface area contributed by atoms with E-state index >= 15 is 0 Å². The summed E-state index contributed by atoms with van der Waals surface area (Å²) in [7, 11) is 0. The van der Waals surface area contributed by atoms with Crippen molar-refractivity contribution in [3.05, 3.63) is 0 Å². The molecule has 1 rings (SSSR count). The molecule has 0 saturated carbocycles. The second-order valence-corrected chi connectivity index (χ2v) is 2.38. The zero-order valence-corrected chi connectivity index (χ0v) is 5.09. The molecular weight excluding hydrogens is 151 g/mol. The fraction of sp³-hybridized carbons (Fsp3) is 0.750. The van der Waals surface area contributed by atoms with Gasteiger partial charge in [-0.15, -0.1) is 0 Å². The Bertz CT molecular complexity index is 130. The molecule has 0 fully saturated rings. The van der Waals surface area contributed by atoms with E-state index in [2.05, 4.69) is 4.40 Å². The van der Waals surface area contributed by atoms with Crippen LogP contribution in [0.3, 0.4) is 0 Å². The fourth-order valence-electron chi connectivity index (χ4n) is 0.418. The van der Waals surface area contributed by atoms with Gasteiger partial charge in [-0.2, -0.15) is 13.2 Å². The third-order valence-corrected chi connectivity index (χ3v) is 1.63. The van der Waals surface area contributed by atoms with Crippen LogP contribution in [0.2, 0.25) is 0 Å². The Morgan fingerprint density at radius 3 is 2.44 bits per heavy atom. The zero-order chi connectivity index (χ0) is 6.91. The van der Waals surface area contributed by atoms with E-state index in [-0.39, 0.29) is 5.75 Å². The smallest absolute Gasteiger partial charge is 0.219 e. The lowest BCUT2D eigenvalue weighted by atomic mass is 10.2. The normalized spacial score (nSPS) is 27.2. The van der Waals surface area contributed by atoms with Crippen LogP contribution in [0.1, 0.15) is 0 Å². The maximum Gasteiger partial charge on any atom is 0.398 e. The highest BCUT2D eigenvalue weighted by Gasteiger charge is 2.40. The summed E-state index contributed by atoms with van der Waals surface area (Å²) in [6.07, 6.45) is -2.19. The minimum absolute atomic E-state index is 0.0104. The van der Waals surface area contributed by atoms with Gasteiger partial charge in [-0.05, 0) is 11.9 Å².